The Labute approximate surface area is 320 Å². The predicted molar refractivity (Wildman–Crippen MR) is 228 cm³/mol. The fourth-order valence-corrected chi connectivity index (χ4v) is 8.75. The maximum Gasteiger partial charge on any atom is 0.137 e. The van der Waals surface area contributed by atoms with Crippen LogP contribution in [0.25, 0.3) is 105 Å². The number of hydrogen-bond donors (Lipinski definition) is 0. The van der Waals surface area contributed by atoms with Gasteiger partial charge < -0.3 is 13.6 Å². The van der Waals surface area contributed by atoms with E-state index in [2.05, 4.69) is 161 Å². The van der Waals surface area contributed by atoms with Gasteiger partial charge in [0.15, 0.2) is 0 Å². The Morgan fingerprint density at radius 3 is 1.64 bits per heavy atom. The van der Waals surface area contributed by atoms with Crippen molar-refractivity contribution in [1.29, 1.82) is 0 Å². The number of aromatic nitrogens is 5. The van der Waals surface area contributed by atoms with Crippen LogP contribution in [0.15, 0.2) is 192 Å². The van der Waals surface area contributed by atoms with Crippen molar-refractivity contribution in [2.24, 2.45) is 0 Å². The van der Waals surface area contributed by atoms with Gasteiger partial charge in [0, 0.05) is 49.5 Å². The standard InChI is InChI=1S/C50H31N5O/c1-3-15-32(16-4-1)49-50(33-17-5-2-6-18-33)55(52-51-49)34-27-28-43-38(29-34)35-19-7-10-22-41(35)53(43)44-24-12-13-25-45(44)54-42-23-11-8-20-36(42)39-30-40-37-21-9-14-26-47(37)56-48(40)31-46(39)54/h1-31H. The van der Waals surface area contributed by atoms with Gasteiger partial charge in [0.05, 0.1) is 39.1 Å². The molecule has 0 unspecified atom stereocenters. The van der Waals surface area contributed by atoms with E-state index in [0.29, 0.717) is 0 Å². The van der Waals surface area contributed by atoms with Crippen molar-refractivity contribution < 1.29 is 4.42 Å². The largest absolute Gasteiger partial charge is 0.456 e. The van der Waals surface area contributed by atoms with Crippen molar-refractivity contribution in [3.63, 3.8) is 0 Å². The average molecular weight is 718 g/mol. The molecule has 6 nitrogen and oxygen atoms in total. The zero-order valence-corrected chi connectivity index (χ0v) is 30.0. The van der Waals surface area contributed by atoms with E-state index in [9.17, 15) is 0 Å². The monoisotopic (exact) mass is 717 g/mol. The molecule has 0 bridgehead atoms. The maximum atomic E-state index is 6.45. The first kappa shape index (κ1) is 30.7. The fourth-order valence-electron chi connectivity index (χ4n) is 8.75. The number of para-hydroxylation sites is 5. The number of furan rings is 1. The van der Waals surface area contributed by atoms with Gasteiger partial charge in [-0.25, -0.2) is 4.68 Å². The van der Waals surface area contributed by atoms with Crippen LogP contribution in [-0.4, -0.2) is 24.1 Å². The Morgan fingerprint density at radius 2 is 0.929 bits per heavy atom. The van der Waals surface area contributed by atoms with Crippen molar-refractivity contribution in [2.75, 3.05) is 0 Å². The summed E-state index contributed by atoms with van der Waals surface area (Å²) in [5.41, 5.74) is 13.2. The lowest BCUT2D eigenvalue weighted by atomic mass is 10.0. The van der Waals surface area contributed by atoms with E-state index in [1.807, 2.05) is 41.1 Å². The minimum Gasteiger partial charge on any atom is -0.456 e. The molecule has 0 spiro atoms. The van der Waals surface area contributed by atoms with Gasteiger partial charge in [-0.1, -0.05) is 133 Å². The third kappa shape index (κ3) is 4.44. The van der Waals surface area contributed by atoms with Crippen molar-refractivity contribution in [1.82, 2.24) is 24.1 Å². The molecule has 0 saturated heterocycles. The Hall–Kier alpha value is -7.70. The average Bonchev–Trinajstić information content (AvgIpc) is 4.03. The molecule has 262 valence electrons. The van der Waals surface area contributed by atoms with Crippen LogP contribution in [0.5, 0.6) is 0 Å². The molecule has 8 aromatic carbocycles. The molecule has 56 heavy (non-hydrogen) atoms. The fraction of sp³-hybridized carbons (Fsp3) is 0. The zero-order valence-electron chi connectivity index (χ0n) is 30.0. The van der Waals surface area contributed by atoms with Gasteiger partial charge >= 0.3 is 0 Å². The van der Waals surface area contributed by atoms with Gasteiger partial charge in [-0.05, 0) is 54.6 Å². The topological polar surface area (TPSA) is 53.7 Å². The Bertz CT molecular complexity index is 3480. The summed E-state index contributed by atoms with van der Waals surface area (Å²) in [5, 5.41) is 16.5. The van der Waals surface area contributed by atoms with Crippen LogP contribution in [0, 0.1) is 0 Å². The molecule has 0 fully saturated rings. The van der Waals surface area contributed by atoms with Crippen LogP contribution < -0.4 is 0 Å². The lowest BCUT2D eigenvalue weighted by Gasteiger charge is -2.16. The Kier molecular flexibility index (Phi) is 6.53. The van der Waals surface area contributed by atoms with Gasteiger partial charge in [0.2, 0.25) is 0 Å². The maximum absolute atomic E-state index is 6.45. The van der Waals surface area contributed by atoms with E-state index in [1.54, 1.807) is 0 Å². The van der Waals surface area contributed by atoms with Crippen LogP contribution in [0.1, 0.15) is 0 Å². The highest BCUT2D eigenvalue weighted by atomic mass is 16.3. The predicted octanol–water partition coefficient (Wildman–Crippen LogP) is 12.7. The zero-order chi connectivity index (χ0) is 36.7. The number of nitrogens with zero attached hydrogens (tertiary/aromatic N) is 5. The molecule has 4 heterocycles. The number of benzene rings is 8. The SMILES string of the molecule is c1ccc(-c2nnn(-c3ccc4c(c3)c3ccccc3n4-c3ccccc3-n3c4ccccc4c4cc5c(cc43)oc3ccccc35)c2-c2ccccc2)cc1. The van der Waals surface area contributed by atoms with Crippen molar-refractivity contribution in [3.8, 4) is 39.6 Å². The molecule has 0 N–H and O–H groups in total. The van der Waals surface area contributed by atoms with Gasteiger partial charge in [0.25, 0.3) is 0 Å². The third-order valence-corrected chi connectivity index (χ3v) is 11.2. The molecule has 0 aliphatic rings. The summed E-state index contributed by atoms with van der Waals surface area (Å²) in [5.74, 6) is 0. The molecule has 0 amide bonds. The summed E-state index contributed by atoms with van der Waals surface area (Å²) in [4.78, 5) is 0. The lowest BCUT2D eigenvalue weighted by Crippen LogP contribution is -2.03. The second-order valence-corrected chi connectivity index (χ2v) is 14.3. The van der Waals surface area contributed by atoms with Crippen LogP contribution in [0.4, 0.5) is 0 Å². The molecule has 12 rings (SSSR count). The van der Waals surface area contributed by atoms with Gasteiger partial charge in [0.1, 0.15) is 22.6 Å². The third-order valence-electron chi connectivity index (χ3n) is 11.2. The summed E-state index contributed by atoms with van der Waals surface area (Å²) in [6, 6.07) is 66.2. The molecular weight excluding hydrogens is 687 g/mol. The highest BCUT2D eigenvalue weighted by Gasteiger charge is 2.22. The first-order chi connectivity index (χ1) is 27.8. The van der Waals surface area contributed by atoms with E-state index < -0.39 is 0 Å². The quantitative estimate of drug-likeness (QED) is 0.178. The van der Waals surface area contributed by atoms with Crippen molar-refractivity contribution >= 4 is 65.6 Å². The highest BCUT2D eigenvalue weighted by Crippen LogP contribution is 2.42. The summed E-state index contributed by atoms with van der Waals surface area (Å²) >= 11 is 0. The number of rotatable bonds is 5. The first-order valence-corrected chi connectivity index (χ1v) is 18.8. The Morgan fingerprint density at radius 1 is 0.375 bits per heavy atom. The van der Waals surface area contributed by atoms with E-state index >= 15 is 0 Å². The van der Waals surface area contributed by atoms with E-state index in [-0.39, 0.29) is 0 Å². The van der Waals surface area contributed by atoms with E-state index in [0.717, 1.165) is 94.4 Å². The molecule has 0 aliphatic carbocycles. The van der Waals surface area contributed by atoms with Gasteiger partial charge in [-0.3, -0.25) is 0 Å². The second kappa shape index (κ2) is 11.9. The molecule has 0 aliphatic heterocycles. The van der Waals surface area contributed by atoms with Gasteiger partial charge in [-0.15, -0.1) is 5.10 Å². The highest BCUT2D eigenvalue weighted by molar-refractivity contribution is 6.18. The molecule has 12 aromatic rings. The molecule has 0 atom stereocenters. The lowest BCUT2D eigenvalue weighted by molar-refractivity contribution is 0.669. The van der Waals surface area contributed by atoms with Gasteiger partial charge in [-0.2, -0.15) is 0 Å². The molecule has 0 saturated carbocycles. The minimum atomic E-state index is 0.847. The van der Waals surface area contributed by atoms with Crippen LogP contribution in [0.2, 0.25) is 0 Å². The van der Waals surface area contributed by atoms with E-state index in [4.69, 9.17) is 14.7 Å². The summed E-state index contributed by atoms with van der Waals surface area (Å²) in [6.07, 6.45) is 0. The number of hydrogen-bond acceptors (Lipinski definition) is 3. The molecule has 4 aromatic heterocycles. The summed E-state index contributed by atoms with van der Waals surface area (Å²) < 4.78 is 13.2. The molecule has 0 radical (unpaired) electrons. The molecule has 6 heteroatoms. The van der Waals surface area contributed by atoms with Crippen molar-refractivity contribution in [2.45, 2.75) is 0 Å². The number of fused-ring (bicyclic) bond motifs is 9. The van der Waals surface area contributed by atoms with Crippen LogP contribution >= 0.6 is 0 Å². The second-order valence-electron chi connectivity index (χ2n) is 14.3. The summed E-state index contributed by atoms with van der Waals surface area (Å²) in [7, 11) is 0. The van der Waals surface area contributed by atoms with Crippen LogP contribution in [-0.2, 0) is 0 Å². The Balaban J connectivity index is 1.10. The first-order valence-electron chi connectivity index (χ1n) is 18.8. The normalized spacial score (nSPS) is 11.9. The van der Waals surface area contributed by atoms with E-state index in [1.165, 1.54) is 10.8 Å². The van der Waals surface area contributed by atoms with Crippen molar-refractivity contribution in [3.05, 3.63) is 188 Å². The summed E-state index contributed by atoms with van der Waals surface area (Å²) in [6.45, 7) is 0. The molecular formula is C50H31N5O. The minimum absolute atomic E-state index is 0.847. The van der Waals surface area contributed by atoms with Crippen LogP contribution in [0.3, 0.4) is 0 Å². The smallest absolute Gasteiger partial charge is 0.137 e.